The molecule has 2 aliphatic heterocycles. The highest BCUT2D eigenvalue weighted by Crippen LogP contribution is 2.39. The summed E-state index contributed by atoms with van der Waals surface area (Å²) in [5, 5.41) is 14.9. The minimum Gasteiger partial charge on any atom is -0.454 e. The number of aryl methyl sites for hydroxylation is 1. The molecule has 0 fully saturated rings. The fourth-order valence-electron chi connectivity index (χ4n) is 3.46. The van der Waals surface area contributed by atoms with E-state index < -0.39 is 6.61 Å². The van der Waals surface area contributed by atoms with Crippen molar-refractivity contribution in [2.75, 3.05) is 13.3 Å². The molecular formula is C19H24F2N6O3. The number of rotatable bonds is 7. The van der Waals surface area contributed by atoms with E-state index in [0.717, 1.165) is 37.5 Å². The Labute approximate surface area is 172 Å². The van der Waals surface area contributed by atoms with Gasteiger partial charge in [0.15, 0.2) is 23.3 Å². The minimum atomic E-state index is -2.95. The van der Waals surface area contributed by atoms with Gasteiger partial charge in [0, 0.05) is 31.1 Å². The summed E-state index contributed by atoms with van der Waals surface area (Å²) in [6.45, 7) is 1.18. The van der Waals surface area contributed by atoms with Gasteiger partial charge in [-0.05, 0) is 25.8 Å². The summed E-state index contributed by atoms with van der Waals surface area (Å²) in [6.07, 6.45) is 3.19. The van der Waals surface area contributed by atoms with Crippen LogP contribution in [0.4, 0.5) is 8.78 Å². The van der Waals surface area contributed by atoms with Gasteiger partial charge in [-0.2, -0.15) is 8.78 Å². The number of aromatic nitrogens is 3. The Bertz CT molecular complexity index is 918. The van der Waals surface area contributed by atoms with Crippen molar-refractivity contribution in [3.05, 3.63) is 29.3 Å². The molecule has 1 aromatic heterocycles. The predicted octanol–water partition coefficient (Wildman–Crippen LogP) is 2.20. The van der Waals surface area contributed by atoms with Crippen LogP contribution in [0.25, 0.3) is 0 Å². The molecule has 0 atom stereocenters. The molecule has 11 heteroatoms. The van der Waals surface area contributed by atoms with Crippen LogP contribution >= 0.6 is 0 Å². The highest BCUT2D eigenvalue weighted by molar-refractivity contribution is 5.79. The smallest absolute Gasteiger partial charge is 0.387 e. The maximum atomic E-state index is 12.8. The van der Waals surface area contributed by atoms with Crippen molar-refractivity contribution in [1.82, 2.24) is 25.4 Å². The number of benzene rings is 1. The summed E-state index contributed by atoms with van der Waals surface area (Å²) in [4.78, 5) is 4.50. The van der Waals surface area contributed by atoms with Gasteiger partial charge in [0.25, 0.3) is 0 Å². The van der Waals surface area contributed by atoms with Crippen molar-refractivity contribution in [3.8, 4) is 17.2 Å². The van der Waals surface area contributed by atoms with Crippen LogP contribution < -0.4 is 24.8 Å². The van der Waals surface area contributed by atoms with E-state index in [1.807, 2.05) is 6.92 Å². The molecule has 3 heterocycles. The predicted molar refractivity (Wildman–Crippen MR) is 104 cm³/mol. The third-order valence-corrected chi connectivity index (χ3v) is 4.87. The molecule has 0 amide bonds. The zero-order valence-electron chi connectivity index (χ0n) is 16.7. The fourth-order valence-corrected chi connectivity index (χ4v) is 3.46. The van der Waals surface area contributed by atoms with Gasteiger partial charge in [-0.1, -0.05) is 0 Å². The average molecular weight is 422 g/mol. The minimum absolute atomic E-state index is 0.0142. The molecule has 0 aliphatic carbocycles. The van der Waals surface area contributed by atoms with Crippen LogP contribution in [0.15, 0.2) is 17.1 Å². The number of nitrogens with one attached hydrogen (secondary N) is 2. The molecular weight excluding hydrogens is 398 g/mol. The van der Waals surface area contributed by atoms with E-state index in [4.69, 9.17) is 9.47 Å². The van der Waals surface area contributed by atoms with Gasteiger partial charge in [-0.15, -0.1) is 10.2 Å². The molecule has 162 valence electrons. The molecule has 0 saturated carbocycles. The lowest BCUT2D eigenvalue weighted by Crippen LogP contribution is -2.37. The number of halogens is 2. The first-order valence-electron chi connectivity index (χ1n) is 9.94. The Balaban J connectivity index is 1.48. The standard InChI is InChI=1S/C19H24F2N6O3/c1-2-22-19(24-10-17-26-25-16-5-3-4-6-27(16)17)23-9-12-7-14-15(29-11-28-14)8-13(12)30-18(20)21/h7-8,18H,2-6,9-11H2,1H3,(H2,22,23,24). The number of nitrogens with zero attached hydrogens (tertiary/aromatic N) is 4. The molecule has 2 N–H and O–H groups in total. The Morgan fingerprint density at radius 2 is 2.07 bits per heavy atom. The number of fused-ring (bicyclic) bond motifs is 2. The normalized spacial score (nSPS) is 15.3. The lowest BCUT2D eigenvalue weighted by molar-refractivity contribution is -0.0505. The van der Waals surface area contributed by atoms with Gasteiger partial charge in [0.2, 0.25) is 6.79 Å². The molecule has 0 radical (unpaired) electrons. The largest absolute Gasteiger partial charge is 0.454 e. The summed E-state index contributed by atoms with van der Waals surface area (Å²) in [6, 6.07) is 3.02. The number of alkyl halides is 2. The number of guanidine groups is 1. The van der Waals surface area contributed by atoms with Crippen molar-refractivity contribution in [2.24, 2.45) is 4.99 Å². The van der Waals surface area contributed by atoms with Crippen LogP contribution in [0.3, 0.4) is 0 Å². The molecule has 0 saturated heterocycles. The van der Waals surface area contributed by atoms with Crippen molar-refractivity contribution in [3.63, 3.8) is 0 Å². The van der Waals surface area contributed by atoms with Crippen LogP contribution in [0.2, 0.25) is 0 Å². The summed E-state index contributed by atoms with van der Waals surface area (Å²) in [5.74, 6) is 3.26. The third kappa shape index (κ3) is 4.55. The van der Waals surface area contributed by atoms with Crippen LogP contribution in [-0.4, -0.2) is 40.7 Å². The van der Waals surface area contributed by atoms with Gasteiger partial charge in [0.1, 0.15) is 11.6 Å². The lowest BCUT2D eigenvalue weighted by Gasteiger charge is -2.16. The lowest BCUT2D eigenvalue weighted by atomic mass is 10.1. The van der Waals surface area contributed by atoms with Gasteiger partial charge in [-0.25, -0.2) is 4.99 Å². The summed E-state index contributed by atoms with van der Waals surface area (Å²) >= 11 is 0. The Morgan fingerprint density at radius 3 is 2.87 bits per heavy atom. The van der Waals surface area contributed by atoms with E-state index in [9.17, 15) is 8.78 Å². The zero-order valence-corrected chi connectivity index (χ0v) is 16.7. The third-order valence-electron chi connectivity index (χ3n) is 4.87. The van der Waals surface area contributed by atoms with Crippen LogP contribution in [0.1, 0.15) is 37.0 Å². The first-order chi connectivity index (χ1) is 14.6. The van der Waals surface area contributed by atoms with E-state index in [1.165, 1.54) is 6.07 Å². The maximum Gasteiger partial charge on any atom is 0.387 e. The van der Waals surface area contributed by atoms with E-state index in [-0.39, 0.29) is 19.1 Å². The fraction of sp³-hybridized carbons (Fsp3) is 0.526. The van der Waals surface area contributed by atoms with Crippen molar-refractivity contribution < 1.29 is 23.0 Å². The number of hydrogen-bond acceptors (Lipinski definition) is 6. The van der Waals surface area contributed by atoms with Crippen molar-refractivity contribution in [1.29, 1.82) is 0 Å². The summed E-state index contributed by atoms with van der Waals surface area (Å²) in [5.41, 5.74) is 0.469. The van der Waals surface area contributed by atoms with Crippen molar-refractivity contribution in [2.45, 2.75) is 52.4 Å². The summed E-state index contributed by atoms with van der Waals surface area (Å²) < 4.78 is 43.0. The molecule has 2 aromatic rings. The molecule has 1 aromatic carbocycles. The first kappa shape index (κ1) is 20.2. The molecule has 30 heavy (non-hydrogen) atoms. The molecule has 0 bridgehead atoms. The number of ether oxygens (including phenoxy) is 3. The van der Waals surface area contributed by atoms with E-state index >= 15 is 0 Å². The van der Waals surface area contributed by atoms with Crippen LogP contribution in [0, 0.1) is 0 Å². The second kappa shape index (κ2) is 9.14. The van der Waals surface area contributed by atoms with Crippen LogP contribution in [0.5, 0.6) is 17.2 Å². The van der Waals surface area contributed by atoms with Gasteiger partial charge >= 0.3 is 6.61 Å². The molecule has 2 aliphatic rings. The molecule has 4 rings (SSSR count). The summed E-state index contributed by atoms with van der Waals surface area (Å²) in [7, 11) is 0. The second-order valence-electron chi connectivity index (χ2n) is 6.88. The monoisotopic (exact) mass is 422 g/mol. The van der Waals surface area contributed by atoms with Crippen LogP contribution in [-0.2, 0) is 26.1 Å². The van der Waals surface area contributed by atoms with E-state index in [0.29, 0.717) is 36.1 Å². The SMILES string of the molecule is CCNC(=NCc1cc2c(cc1OC(F)F)OCO2)NCc1nnc2n1CCCC2. The Hall–Kier alpha value is -3.11. The zero-order chi connectivity index (χ0) is 20.9. The van der Waals surface area contributed by atoms with E-state index in [2.05, 4.69) is 35.1 Å². The van der Waals surface area contributed by atoms with Crippen molar-refractivity contribution >= 4 is 5.96 Å². The van der Waals surface area contributed by atoms with E-state index in [1.54, 1.807) is 6.07 Å². The molecule has 9 nitrogen and oxygen atoms in total. The van der Waals surface area contributed by atoms with Gasteiger partial charge in [-0.3, -0.25) is 0 Å². The Kier molecular flexibility index (Phi) is 6.15. The highest BCUT2D eigenvalue weighted by atomic mass is 19.3. The number of aliphatic imine (C=N–C) groups is 1. The maximum absolute atomic E-state index is 12.8. The second-order valence-corrected chi connectivity index (χ2v) is 6.88. The topological polar surface area (TPSA) is 94.8 Å². The molecule has 0 unspecified atom stereocenters. The number of hydrogen-bond donors (Lipinski definition) is 2. The Morgan fingerprint density at radius 1 is 1.23 bits per heavy atom. The van der Waals surface area contributed by atoms with Gasteiger partial charge < -0.3 is 29.4 Å². The first-order valence-corrected chi connectivity index (χ1v) is 9.94. The van der Waals surface area contributed by atoms with Gasteiger partial charge in [0.05, 0.1) is 13.1 Å². The quantitative estimate of drug-likeness (QED) is 0.522. The highest BCUT2D eigenvalue weighted by Gasteiger charge is 2.20. The average Bonchev–Trinajstić information content (AvgIpc) is 3.36. The molecule has 0 spiro atoms.